The van der Waals surface area contributed by atoms with Crippen LogP contribution in [0.15, 0.2) is 18.5 Å². The normalized spacial score (nSPS) is 17.4. The molecule has 1 aliphatic heterocycles. The van der Waals surface area contributed by atoms with Gasteiger partial charge in [0, 0.05) is 47.9 Å². The highest BCUT2D eigenvalue weighted by Gasteiger charge is 2.36. The van der Waals surface area contributed by atoms with Crippen molar-refractivity contribution in [2.24, 2.45) is 11.3 Å². The third-order valence-electron chi connectivity index (χ3n) is 6.91. The Balaban J connectivity index is 2.15. The summed E-state index contributed by atoms with van der Waals surface area (Å²) in [6, 6.07) is 1.40. The van der Waals surface area contributed by atoms with Crippen molar-refractivity contribution in [1.29, 1.82) is 0 Å². The van der Waals surface area contributed by atoms with Crippen molar-refractivity contribution < 1.29 is 23.8 Å². The van der Waals surface area contributed by atoms with Crippen LogP contribution in [0.25, 0.3) is 11.1 Å². The molecule has 2 atom stereocenters. The molecule has 1 aliphatic rings. The van der Waals surface area contributed by atoms with Crippen LogP contribution >= 0.6 is 0 Å². The average molecular weight is 530 g/mol. The Labute approximate surface area is 226 Å². The minimum absolute atomic E-state index is 0.0389. The number of anilines is 1. The quantitative estimate of drug-likeness (QED) is 0.375. The lowest BCUT2D eigenvalue weighted by Crippen LogP contribution is -2.39. The van der Waals surface area contributed by atoms with Crippen molar-refractivity contribution in [3.8, 4) is 17.0 Å². The Hall–Kier alpha value is -2.74. The van der Waals surface area contributed by atoms with E-state index in [9.17, 15) is 9.90 Å². The van der Waals surface area contributed by atoms with E-state index in [4.69, 9.17) is 9.47 Å². The molecule has 1 N–H and O–H groups in total. The second-order valence-corrected chi connectivity index (χ2v) is 12.7. The summed E-state index contributed by atoms with van der Waals surface area (Å²) in [5.74, 6) is -1.28. The predicted molar refractivity (Wildman–Crippen MR) is 148 cm³/mol. The molecular weight excluding hydrogens is 485 g/mol. The molecule has 1 saturated heterocycles. The van der Waals surface area contributed by atoms with E-state index in [1.807, 2.05) is 27.7 Å². The third kappa shape index (κ3) is 7.43. The average Bonchev–Trinajstić information content (AvgIpc) is 2.78. The third-order valence-corrected chi connectivity index (χ3v) is 6.91. The van der Waals surface area contributed by atoms with E-state index in [2.05, 4.69) is 42.6 Å². The Morgan fingerprint density at radius 2 is 1.79 bits per heavy atom. The molecule has 0 saturated carbocycles. The summed E-state index contributed by atoms with van der Waals surface area (Å²) in [4.78, 5) is 23.6. The van der Waals surface area contributed by atoms with Gasteiger partial charge in [-0.1, -0.05) is 27.7 Å². The van der Waals surface area contributed by atoms with Gasteiger partial charge in [-0.15, -0.1) is 0 Å². The number of carboxylic acids is 1. The van der Waals surface area contributed by atoms with Gasteiger partial charge in [-0.25, -0.2) is 14.2 Å². The van der Waals surface area contributed by atoms with Crippen LogP contribution in [0.1, 0.15) is 92.0 Å². The topological polar surface area (TPSA) is 84.8 Å². The van der Waals surface area contributed by atoms with E-state index in [0.29, 0.717) is 34.0 Å². The molecular formula is C30H44FN3O4. The van der Waals surface area contributed by atoms with Crippen LogP contribution in [0.2, 0.25) is 0 Å². The number of aliphatic carboxylic acids is 1. The molecule has 2 aromatic rings. The molecule has 0 bridgehead atoms. The molecule has 8 heteroatoms. The SMILES string of the molecule is Cc1ncc(-c2cnc(OC(C)CC(C)C)c(F)c2)c(N2CCC(C)(C)CC2)c1C(OC(C)(C)C)C(=O)O. The number of nitrogens with zero attached hydrogens (tertiary/aromatic N) is 3. The molecule has 0 aliphatic carbocycles. The number of carboxylic acid groups (broad SMARTS) is 1. The number of carbonyl (C=O) groups is 1. The van der Waals surface area contributed by atoms with Crippen molar-refractivity contribution in [2.45, 2.75) is 99.4 Å². The summed E-state index contributed by atoms with van der Waals surface area (Å²) < 4.78 is 27.1. The maximum Gasteiger partial charge on any atom is 0.337 e. The van der Waals surface area contributed by atoms with Gasteiger partial charge in [-0.2, -0.15) is 0 Å². The number of ether oxygens (including phenoxy) is 2. The van der Waals surface area contributed by atoms with Gasteiger partial charge in [-0.3, -0.25) is 4.98 Å². The first kappa shape index (κ1) is 29.8. The van der Waals surface area contributed by atoms with Gasteiger partial charge < -0.3 is 19.5 Å². The summed E-state index contributed by atoms with van der Waals surface area (Å²) in [7, 11) is 0. The first-order valence-electron chi connectivity index (χ1n) is 13.6. The van der Waals surface area contributed by atoms with Crippen LogP contribution in [0.5, 0.6) is 5.88 Å². The van der Waals surface area contributed by atoms with Crippen LogP contribution in [0, 0.1) is 24.1 Å². The summed E-state index contributed by atoms with van der Waals surface area (Å²) in [6.07, 6.45) is 4.53. The fourth-order valence-corrected chi connectivity index (χ4v) is 4.96. The highest BCUT2D eigenvalue weighted by atomic mass is 19.1. The molecule has 38 heavy (non-hydrogen) atoms. The van der Waals surface area contributed by atoms with Crippen molar-refractivity contribution in [3.05, 3.63) is 35.5 Å². The zero-order chi connectivity index (χ0) is 28.4. The summed E-state index contributed by atoms with van der Waals surface area (Å²) in [5.41, 5.74) is 2.41. The minimum atomic E-state index is -1.23. The number of aryl methyl sites for hydroxylation is 1. The van der Waals surface area contributed by atoms with Crippen LogP contribution in [0.4, 0.5) is 10.1 Å². The molecule has 1 fully saturated rings. The van der Waals surface area contributed by atoms with Gasteiger partial charge in [0.25, 0.3) is 5.88 Å². The molecule has 0 radical (unpaired) electrons. The molecule has 2 unspecified atom stereocenters. The van der Waals surface area contributed by atoms with E-state index in [1.54, 1.807) is 19.3 Å². The lowest BCUT2D eigenvalue weighted by molar-refractivity contribution is -0.160. The van der Waals surface area contributed by atoms with E-state index in [0.717, 1.165) is 32.4 Å². The predicted octanol–water partition coefficient (Wildman–Crippen LogP) is 6.97. The van der Waals surface area contributed by atoms with Gasteiger partial charge in [0.15, 0.2) is 11.9 Å². The Morgan fingerprint density at radius 1 is 1.16 bits per heavy atom. The minimum Gasteiger partial charge on any atom is -0.479 e. The van der Waals surface area contributed by atoms with Crippen molar-refractivity contribution in [2.75, 3.05) is 18.0 Å². The Kier molecular flexibility index (Phi) is 9.07. The Bertz CT molecular complexity index is 1130. The maximum absolute atomic E-state index is 15.3. The van der Waals surface area contributed by atoms with E-state index < -0.39 is 23.5 Å². The first-order valence-corrected chi connectivity index (χ1v) is 13.6. The van der Waals surface area contributed by atoms with Gasteiger partial charge in [0.2, 0.25) is 0 Å². The van der Waals surface area contributed by atoms with Crippen LogP contribution in [-0.4, -0.2) is 45.8 Å². The van der Waals surface area contributed by atoms with Crippen LogP contribution in [0.3, 0.4) is 0 Å². The number of rotatable bonds is 9. The standard InChI is InChI=1S/C30H44FN3O4/c1-18(2)14-19(3)37-27-23(31)15-21(16-33-27)22-17-32-20(4)24(26(28(35)36)38-29(5,6)7)25(22)34-12-10-30(8,9)11-13-34/h15-19,26H,10-14H2,1-9H3,(H,35,36). The van der Waals surface area contributed by atoms with Gasteiger partial charge >= 0.3 is 5.97 Å². The maximum atomic E-state index is 15.3. The smallest absolute Gasteiger partial charge is 0.337 e. The summed E-state index contributed by atoms with van der Waals surface area (Å²) in [6.45, 7) is 19.3. The zero-order valence-corrected chi connectivity index (χ0v) is 24.4. The number of halogens is 1. The molecule has 0 amide bonds. The molecule has 210 valence electrons. The largest absolute Gasteiger partial charge is 0.479 e. The molecule has 7 nitrogen and oxygen atoms in total. The van der Waals surface area contributed by atoms with Crippen molar-refractivity contribution >= 4 is 11.7 Å². The molecule has 2 aromatic heterocycles. The number of pyridine rings is 2. The van der Waals surface area contributed by atoms with E-state index in [-0.39, 0.29) is 17.4 Å². The van der Waals surface area contributed by atoms with Crippen LogP contribution < -0.4 is 9.64 Å². The summed E-state index contributed by atoms with van der Waals surface area (Å²) >= 11 is 0. The summed E-state index contributed by atoms with van der Waals surface area (Å²) in [5, 5.41) is 10.2. The van der Waals surface area contributed by atoms with E-state index in [1.165, 1.54) is 6.07 Å². The van der Waals surface area contributed by atoms with Gasteiger partial charge in [-0.05, 0) is 71.3 Å². The molecule has 0 spiro atoms. The Morgan fingerprint density at radius 3 is 2.32 bits per heavy atom. The van der Waals surface area contributed by atoms with Crippen LogP contribution in [-0.2, 0) is 9.53 Å². The zero-order valence-electron chi connectivity index (χ0n) is 24.4. The molecule has 3 rings (SSSR count). The molecule has 3 heterocycles. The lowest BCUT2D eigenvalue weighted by Gasteiger charge is -2.40. The second kappa shape index (κ2) is 11.6. The van der Waals surface area contributed by atoms with E-state index >= 15 is 4.39 Å². The monoisotopic (exact) mass is 529 g/mol. The van der Waals surface area contributed by atoms with Crippen molar-refractivity contribution in [3.63, 3.8) is 0 Å². The lowest BCUT2D eigenvalue weighted by atomic mass is 9.82. The number of aromatic nitrogens is 2. The van der Waals surface area contributed by atoms with Crippen molar-refractivity contribution in [1.82, 2.24) is 9.97 Å². The fraction of sp³-hybridized carbons (Fsp3) is 0.633. The fourth-order valence-electron chi connectivity index (χ4n) is 4.96. The number of hydrogen-bond donors (Lipinski definition) is 1. The second-order valence-electron chi connectivity index (χ2n) is 12.7. The number of hydrogen-bond acceptors (Lipinski definition) is 6. The molecule has 0 aromatic carbocycles. The van der Waals surface area contributed by atoms with Gasteiger partial charge in [0.05, 0.1) is 17.4 Å². The highest BCUT2D eigenvalue weighted by Crippen LogP contribution is 2.43. The van der Waals surface area contributed by atoms with Gasteiger partial charge in [0.1, 0.15) is 0 Å². The highest BCUT2D eigenvalue weighted by molar-refractivity contribution is 5.86. The first-order chi connectivity index (χ1) is 17.6. The number of piperidine rings is 1.